The van der Waals surface area contributed by atoms with E-state index in [1.165, 1.54) is 6.07 Å². The molecule has 0 saturated carbocycles. The predicted octanol–water partition coefficient (Wildman–Crippen LogP) is -8.33. The summed E-state index contributed by atoms with van der Waals surface area (Å²) in [5.74, 6) is -1.74. The molecule has 0 spiro atoms. The third kappa shape index (κ3) is 19.5. The van der Waals surface area contributed by atoms with Gasteiger partial charge in [0.2, 0.25) is 17.2 Å². The molecular weight excluding hydrogens is 1040 g/mol. The van der Waals surface area contributed by atoms with Crippen molar-refractivity contribution in [3.05, 3.63) is 72.0 Å². The number of anilines is 6. The van der Waals surface area contributed by atoms with Crippen molar-refractivity contribution in [3.63, 3.8) is 0 Å². The molecule has 5 aromatic rings. The average Bonchev–Trinajstić information content (AvgIpc) is 3.18. The maximum Gasteiger partial charge on any atom is 1.00 e. The van der Waals surface area contributed by atoms with Crippen molar-refractivity contribution in [2.45, 2.75) is 27.0 Å². The van der Waals surface area contributed by atoms with Crippen LogP contribution in [-0.2, 0) is 53.0 Å². The van der Waals surface area contributed by atoms with Gasteiger partial charge in [0.05, 0.1) is 39.1 Å². The summed E-state index contributed by atoms with van der Waals surface area (Å²) in [7, 11) is -14.8. The van der Waals surface area contributed by atoms with Gasteiger partial charge in [0.15, 0.2) is 33.8 Å². The number of nitrogens with zero attached hydrogens (tertiary/aromatic N) is 8. The summed E-state index contributed by atoms with van der Waals surface area (Å²) < 4.78 is 111. The van der Waals surface area contributed by atoms with E-state index in [4.69, 9.17) is 23.1 Å². The molecule has 332 valence electrons. The fourth-order valence-corrected chi connectivity index (χ4v) is 7.79. The molecule has 0 bridgehead atoms. The number of hydrogen-bond acceptors (Lipinski definition) is 29. The van der Waals surface area contributed by atoms with E-state index in [9.17, 15) is 44.9 Å². The summed E-state index contributed by atoms with van der Waals surface area (Å²) in [5.41, 5.74) is 10.5. The van der Waals surface area contributed by atoms with Crippen molar-refractivity contribution in [1.82, 2.24) is 19.9 Å². The summed E-state index contributed by atoms with van der Waals surface area (Å²) in [4.78, 5) is 14.0. The van der Waals surface area contributed by atoms with E-state index in [0.29, 0.717) is 28.7 Å². The van der Waals surface area contributed by atoms with Crippen molar-refractivity contribution in [3.8, 4) is 0 Å². The van der Waals surface area contributed by atoms with E-state index in [-0.39, 0.29) is 178 Å². The van der Waals surface area contributed by atoms with Gasteiger partial charge >= 0.3 is 118 Å². The Bertz CT molecular complexity index is 2830. The molecule has 0 amide bonds. The largest absolute Gasteiger partial charge is 1.00 e. The van der Waals surface area contributed by atoms with Crippen molar-refractivity contribution >= 4 is 124 Å². The van der Waals surface area contributed by atoms with Gasteiger partial charge in [0.1, 0.15) is 43.0 Å². The van der Waals surface area contributed by atoms with E-state index < -0.39 is 74.3 Å². The van der Waals surface area contributed by atoms with Crippen LogP contribution in [0.15, 0.2) is 107 Å². The van der Waals surface area contributed by atoms with Gasteiger partial charge in [-0.1, -0.05) is 13.5 Å². The van der Waals surface area contributed by atoms with Crippen LogP contribution in [0, 0.1) is 0 Å². The molecule has 2 aromatic heterocycles. The molecular formula is C29H25ClN12Na4O15S5. The number of aromatic nitrogens is 4. The molecule has 0 fully saturated rings. The Morgan fingerprint density at radius 3 is 1.79 bits per heavy atom. The molecule has 0 unspecified atom stereocenters. The maximum absolute atomic E-state index is 12.7. The Hall–Kier alpha value is -1.30. The van der Waals surface area contributed by atoms with Gasteiger partial charge < -0.3 is 41.7 Å². The molecule has 37 heteroatoms. The molecule has 27 nitrogen and oxygen atoms in total. The van der Waals surface area contributed by atoms with E-state index in [0.717, 1.165) is 30.3 Å². The minimum Gasteiger partial charge on any atom is -0.744 e. The number of nitrogens with one attached hydrogen (secondary N) is 2. The van der Waals surface area contributed by atoms with Gasteiger partial charge in [0, 0.05) is 22.3 Å². The fraction of sp³-hybridized carbons (Fsp3) is 0.103. The molecule has 5 rings (SSSR count). The van der Waals surface area contributed by atoms with E-state index in [1.54, 1.807) is 24.3 Å². The number of nitrogen functional groups attached to an aromatic ring is 2. The SMILES string of the molecule is C.Nc1nc(N)c(N=Nc2ccc(S(=O)(=O)CCOSOO[O-])cc2S(=O)(=O)[O-])cc1N=Nc1cc(Nc2nc(Cl)nc(Nc3cccc(SOO[O-])c3)n2)ccc1S(=O)(=O)[O-].[Na+].[Na+].[Na+].[Na+]. The number of hydrogen-bond donors (Lipinski definition) is 4. The molecule has 0 atom stereocenters. The summed E-state index contributed by atoms with van der Waals surface area (Å²) in [6, 6.07) is 13.0. The first-order chi connectivity index (χ1) is 28.9. The zero-order valence-electron chi connectivity index (χ0n) is 33.5. The van der Waals surface area contributed by atoms with E-state index in [1.807, 2.05) is 0 Å². The molecule has 66 heavy (non-hydrogen) atoms. The summed E-state index contributed by atoms with van der Waals surface area (Å²) >= 11 is 6.78. The topological polar surface area (TPSA) is 418 Å². The standard InChI is InChI=1S/C28H25ClN12O15S5.CH4.4Na/c29-26-35-27(32-14-2-1-3-16(10-14)57-55-53-42)37-28(36-26)33-15-4-7-22(60(46,47)48)19(11-15)39-41-21-13-20(24(30)34-25(21)31)40-38-18-6-5-17(12-23(18)61(49,50)51)59(44,45)9-8-52-58-56-54-43;;;;;/h1-7,10-13,42-43H,8-9H2,(H4,30,31,34)(H,46,47,48)(H,49,50,51)(H2,32,33,35,36,37);1H4;;;;/q;;4*+1/p-4. The number of halogens is 1. The van der Waals surface area contributed by atoms with Gasteiger partial charge in [-0.25, -0.2) is 30.2 Å². The monoisotopic (exact) mass is 1070 g/mol. The van der Waals surface area contributed by atoms with Gasteiger partial charge in [-0.05, 0) is 66.2 Å². The van der Waals surface area contributed by atoms with Crippen LogP contribution < -0.4 is 151 Å². The zero-order chi connectivity index (χ0) is 44.4. The Morgan fingerprint density at radius 2 is 1.21 bits per heavy atom. The average molecular weight is 1070 g/mol. The van der Waals surface area contributed by atoms with Gasteiger partial charge in [-0.3, -0.25) is 14.3 Å². The Kier molecular flexibility index (Phi) is 29.2. The molecule has 0 aliphatic carbocycles. The van der Waals surface area contributed by atoms with Crippen LogP contribution >= 0.6 is 36.0 Å². The fourth-order valence-electron chi connectivity index (χ4n) is 4.48. The number of pyridine rings is 1. The normalized spacial score (nSPS) is 11.4. The minimum atomic E-state index is -5.37. The van der Waals surface area contributed by atoms with Crippen LogP contribution in [0.3, 0.4) is 0 Å². The third-order valence-corrected chi connectivity index (χ3v) is 11.5. The maximum atomic E-state index is 12.7. The number of benzene rings is 3. The van der Waals surface area contributed by atoms with E-state index >= 15 is 0 Å². The Balaban J connectivity index is 0.00000845. The second-order valence-corrected chi connectivity index (χ2v) is 17.4. The van der Waals surface area contributed by atoms with E-state index in [2.05, 4.69) is 74.0 Å². The molecule has 0 saturated heterocycles. The third-order valence-electron chi connectivity index (χ3n) is 7.01. The first kappa shape index (κ1) is 64.7. The van der Waals surface area contributed by atoms with Crippen molar-refractivity contribution in [2.24, 2.45) is 20.5 Å². The first-order valence-corrected chi connectivity index (χ1v) is 21.9. The molecule has 2 heterocycles. The number of rotatable bonds is 20. The van der Waals surface area contributed by atoms with Crippen molar-refractivity contribution in [1.29, 1.82) is 0 Å². The predicted molar refractivity (Wildman–Crippen MR) is 211 cm³/mol. The smallest absolute Gasteiger partial charge is 0.744 e. The van der Waals surface area contributed by atoms with Crippen molar-refractivity contribution < 1.29 is 186 Å². The Labute approximate surface area is 477 Å². The van der Waals surface area contributed by atoms with Crippen LogP contribution in [0.4, 0.5) is 57.7 Å². The van der Waals surface area contributed by atoms with Crippen LogP contribution in [-0.4, -0.2) is 66.7 Å². The molecule has 0 aliphatic heterocycles. The Morgan fingerprint density at radius 1 is 0.652 bits per heavy atom. The second kappa shape index (κ2) is 29.8. The number of nitrogens with two attached hydrogens (primary N) is 2. The summed E-state index contributed by atoms with van der Waals surface area (Å²) in [6.45, 7) is -0.539. The molecule has 0 radical (unpaired) electrons. The van der Waals surface area contributed by atoms with Gasteiger partial charge in [-0.15, -0.1) is 24.8 Å². The first-order valence-electron chi connectivity index (χ1n) is 15.6. The van der Waals surface area contributed by atoms with Crippen LogP contribution in [0.2, 0.25) is 5.28 Å². The molecule has 3 aromatic carbocycles. The molecule has 0 aliphatic rings. The summed E-state index contributed by atoms with van der Waals surface area (Å²) in [6.07, 6.45) is 0. The summed E-state index contributed by atoms with van der Waals surface area (Å²) in [5, 5.41) is 46.9. The number of sulfone groups is 1. The molecule has 6 N–H and O–H groups in total. The minimum absolute atomic E-state index is 0. The second-order valence-electron chi connectivity index (χ2n) is 11.0. The zero-order valence-corrected chi connectivity index (χ0v) is 46.4. The number of azo groups is 2. The van der Waals surface area contributed by atoms with Crippen molar-refractivity contribution in [2.75, 3.05) is 34.5 Å². The van der Waals surface area contributed by atoms with Gasteiger partial charge in [0.25, 0.3) is 0 Å². The quantitative estimate of drug-likeness (QED) is 0.0107. The van der Waals surface area contributed by atoms with Gasteiger partial charge in [-0.2, -0.15) is 19.3 Å². The van der Waals surface area contributed by atoms with Crippen LogP contribution in [0.5, 0.6) is 0 Å². The van der Waals surface area contributed by atoms with Crippen LogP contribution in [0.1, 0.15) is 7.43 Å². The van der Waals surface area contributed by atoms with Crippen LogP contribution in [0.25, 0.3) is 0 Å².